The maximum absolute atomic E-state index is 12.5. The second-order valence-electron chi connectivity index (χ2n) is 8.61. The lowest BCUT2D eigenvalue weighted by Crippen LogP contribution is -2.47. The van der Waals surface area contributed by atoms with Crippen LogP contribution in [0.1, 0.15) is 20.1 Å². The van der Waals surface area contributed by atoms with Crippen LogP contribution in [0.15, 0.2) is 11.1 Å². The molecule has 4 N–H and O–H groups in total. The first-order valence-electron chi connectivity index (χ1n) is 10.9. The maximum atomic E-state index is 12.5. The predicted octanol–water partition coefficient (Wildman–Crippen LogP) is -1.63. The van der Waals surface area contributed by atoms with Gasteiger partial charge in [0.1, 0.15) is 12.2 Å². The highest BCUT2D eigenvalue weighted by Gasteiger charge is 2.47. The molecule has 35 heavy (non-hydrogen) atoms. The molecule has 1 unspecified atom stereocenters. The maximum Gasteiger partial charge on any atom is 0.280 e. The molecule has 4 atom stereocenters. The van der Waals surface area contributed by atoms with E-state index in [0.717, 1.165) is 0 Å². The van der Waals surface area contributed by atoms with Crippen molar-refractivity contribution in [3.05, 3.63) is 16.7 Å². The van der Waals surface area contributed by atoms with Crippen LogP contribution in [0.25, 0.3) is 11.2 Å². The van der Waals surface area contributed by atoms with E-state index in [9.17, 15) is 28.2 Å². The largest absolute Gasteiger partial charge is 0.460 e. The van der Waals surface area contributed by atoms with E-state index in [2.05, 4.69) is 20.3 Å². The number of imidazole rings is 1. The number of sulfone groups is 1. The topological polar surface area (TPSA) is 189 Å². The molecule has 2 aromatic rings. The number of nitrogens with one attached hydrogen (secondary N) is 2. The number of carbonyl (C=O) groups is 1. The molecular weight excluding hydrogens is 504 g/mol. The molecule has 14 nitrogen and oxygen atoms in total. The highest BCUT2D eigenvalue weighted by molar-refractivity contribution is 7.91. The Morgan fingerprint density at radius 2 is 2.09 bits per heavy atom. The number of aliphatic hydroxyl groups is 2. The minimum Gasteiger partial charge on any atom is -0.460 e. The Morgan fingerprint density at radius 3 is 2.71 bits per heavy atom. The normalized spacial score (nSPS) is 26.3. The minimum absolute atomic E-state index is 0.0312. The quantitative estimate of drug-likeness (QED) is 0.323. The lowest BCUT2D eigenvalue weighted by Gasteiger charge is -2.31. The van der Waals surface area contributed by atoms with Crippen molar-refractivity contribution in [3.63, 3.8) is 0 Å². The van der Waals surface area contributed by atoms with E-state index < -0.39 is 46.5 Å². The van der Waals surface area contributed by atoms with Crippen molar-refractivity contribution < 1.29 is 32.9 Å². The summed E-state index contributed by atoms with van der Waals surface area (Å²) in [6.45, 7) is 3.12. The van der Waals surface area contributed by atoms with Crippen molar-refractivity contribution >= 4 is 50.2 Å². The average Bonchev–Trinajstić information content (AvgIpc) is 3.35. The molecule has 2 aliphatic rings. The van der Waals surface area contributed by atoms with Crippen LogP contribution < -0.4 is 10.9 Å². The number of aromatic amines is 1. The van der Waals surface area contributed by atoms with Crippen molar-refractivity contribution in [2.75, 3.05) is 36.5 Å². The number of aromatic nitrogens is 4. The van der Waals surface area contributed by atoms with Crippen LogP contribution >= 0.6 is 12.2 Å². The summed E-state index contributed by atoms with van der Waals surface area (Å²) in [5.74, 6) is -0.966. The Balaban J connectivity index is 1.64. The van der Waals surface area contributed by atoms with E-state index >= 15 is 0 Å². The molecule has 0 bridgehead atoms. The van der Waals surface area contributed by atoms with E-state index in [-0.39, 0.29) is 58.7 Å². The third-order valence-electron chi connectivity index (χ3n) is 5.80. The number of anilines is 1. The lowest BCUT2D eigenvalue weighted by molar-refractivity contribution is -0.118. The number of nitrogens with zero attached hydrogens (tertiary/aromatic N) is 4. The molecule has 1 amide bonds. The van der Waals surface area contributed by atoms with Crippen LogP contribution in [0.2, 0.25) is 0 Å². The van der Waals surface area contributed by atoms with Crippen LogP contribution in [0, 0.1) is 5.92 Å². The fraction of sp³-hybridized carbons (Fsp3) is 0.632. The van der Waals surface area contributed by atoms with Gasteiger partial charge in [-0.2, -0.15) is 4.98 Å². The Bertz CT molecular complexity index is 1280. The second kappa shape index (κ2) is 9.77. The molecule has 4 rings (SSSR count). The van der Waals surface area contributed by atoms with Crippen LogP contribution in [0.5, 0.6) is 0 Å². The molecule has 2 aliphatic heterocycles. The summed E-state index contributed by atoms with van der Waals surface area (Å²) >= 11 is 5.34. The summed E-state index contributed by atoms with van der Waals surface area (Å²) in [5, 5.41) is 22.9. The highest BCUT2D eigenvalue weighted by Crippen LogP contribution is 2.34. The van der Waals surface area contributed by atoms with Gasteiger partial charge >= 0.3 is 0 Å². The number of hydrogen-bond donors (Lipinski definition) is 4. The van der Waals surface area contributed by atoms with Gasteiger partial charge in [-0.15, -0.1) is 0 Å². The molecule has 192 valence electrons. The van der Waals surface area contributed by atoms with Crippen molar-refractivity contribution in [1.29, 1.82) is 0 Å². The van der Waals surface area contributed by atoms with Crippen molar-refractivity contribution in [2.24, 2.45) is 5.92 Å². The lowest BCUT2D eigenvalue weighted by atomic mass is 10.1. The average molecular weight is 531 g/mol. The fourth-order valence-electron chi connectivity index (χ4n) is 3.74. The first kappa shape index (κ1) is 25.4. The third kappa shape index (κ3) is 5.16. The van der Waals surface area contributed by atoms with Crippen LogP contribution in [0.3, 0.4) is 0 Å². The third-order valence-corrected chi connectivity index (χ3v) is 7.77. The molecule has 0 spiro atoms. The number of hydrogen-bond acceptors (Lipinski definition) is 11. The number of carbonyl (C=O) groups excluding carboxylic acids is 1. The summed E-state index contributed by atoms with van der Waals surface area (Å²) < 4.78 is 36.4. The Kier molecular flexibility index (Phi) is 7.10. The van der Waals surface area contributed by atoms with Crippen molar-refractivity contribution in [2.45, 2.75) is 38.4 Å². The van der Waals surface area contributed by atoms with Gasteiger partial charge in [-0.1, -0.05) is 13.8 Å². The SMILES string of the molecule is CC(C)C(=O)Nc1nc2c(ncn2[C@@H]2O[C@H](CO)C(O)[C@@H]2OC(=S)N2CCS(=O)(=O)CC2)c(=O)[nH]1. The number of ether oxygens (including phenoxy) is 2. The first-order chi connectivity index (χ1) is 16.5. The molecule has 16 heteroatoms. The number of amides is 1. The Hall–Kier alpha value is -2.66. The molecule has 2 aromatic heterocycles. The molecule has 4 heterocycles. The van der Waals surface area contributed by atoms with Crippen LogP contribution in [-0.2, 0) is 24.1 Å². The van der Waals surface area contributed by atoms with Gasteiger partial charge in [-0.05, 0) is 12.2 Å². The minimum atomic E-state index is -3.14. The Morgan fingerprint density at radius 1 is 1.40 bits per heavy atom. The summed E-state index contributed by atoms with van der Waals surface area (Å²) in [4.78, 5) is 37.0. The number of fused-ring (bicyclic) bond motifs is 1. The van der Waals surface area contributed by atoms with Gasteiger partial charge in [0.2, 0.25) is 11.9 Å². The summed E-state index contributed by atoms with van der Waals surface area (Å²) in [6, 6.07) is 0. The van der Waals surface area contributed by atoms with Gasteiger partial charge in [0, 0.05) is 19.0 Å². The smallest absolute Gasteiger partial charge is 0.280 e. The zero-order valence-electron chi connectivity index (χ0n) is 18.9. The van der Waals surface area contributed by atoms with Gasteiger partial charge in [0.25, 0.3) is 10.7 Å². The van der Waals surface area contributed by atoms with Gasteiger partial charge < -0.3 is 24.6 Å². The molecule has 0 radical (unpaired) electrons. The zero-order valence-corrected chi connectivity index (χ0v) is 20.6. The van der Waals surface area contributed by atoms with E-state index in [0.29, 0.717) is 0 Å². The van der Waals surface area contributed by atoms with Crippen LogP contribution in [0.4, 0.5) is 5.95 Å². The monoisotopic (exact) mass is 530 g/mol. The van der Waals surface area contributed by atoms with Crippen LogP contribution in [-0.4, -0.2) is 104 Å². The van der Waals surface area contributed by atoms with E-state index in [4.69, 9.17) is 21.7 Å². The van der Waals surface area contributed by atoms with Gasteiger partial charge in [0.15, 0.2) is 33.3 Å². The number of H-pyrrole nitrogens is 1. The standard InChI is InChI=1S/C19H26N6O8S2/c1-9(2)15(28)22-18-21-14-11(16(29)23-18)20-8-25(14)17-13(12(27)10(7-26)32-17)33-19(34)24-3-5-35(30,31)6-4-24/h8-10,12-13,17,26-27H,3-7H2,1-2H3,(H2,21,22,23,28,29)/t10-,12?,13+,17-/m1/s1. The molecule has 2 fully saturated rings. The number of rotatable bonds is 5. The summed E-state index contributed by atoms with van der Waals surface area (Å²) in [7, 11) is -3.14. The molecule has 2 saturated heterocycles. The summed E-state index contributed by atoms with van der Waals surface area (Å²) in [5.41, 5.74) is -0.597. The van der Waals surface area contributed by atoms with Gasteiger partial charge in [0.05, 0.1) is 24.4 Å². The molecule has 0 aliphatic carbocycles. The van der Waals surface area contributed by atoms with E-state index in [1.54, 1.807) is 18.7 Å². The molecule has 0 saturated carbocycles. The van der Waals surface area contributed by atoms with Crippen molar-refractivity contribution in [1.82, 2.24) is 24.4 Å². The Labute approximate surface area is 205 Å². The van der Waals surface area contributed by atoms with E-state index in [1.807, 2.05) is 0 Å². The fourth-order valence-corrected chi connectivity index (χ4v) is 5.23. The van der Waals surface area contributed by atoms with Crippen molar-refractivity contribution in [3.8, 4) is 0 Å². The second-order valence-corrected chi connectivity index (χ2v) is 11.3. The molecular formula is C19H26N6O8S2. The summed E-state index contributed by atoms with van der Waals surface area (Å²) in [6.07, 6.45) is -3.30. The number of aliphatic hydroxyl groups excluding tert-OH is 2. The number of thiocarbonyl (C=S) groups is 1. The van der Waals surface area contributed by atoms with E-state index in [1.165, 1.54) is 10.9 Å². The predicted molar refractivity (Wildman–Crippen MR) is 126 cm³/mol. The highest BCUT2D eigenvalue weighted by atomic mass is 32.2. The van der Waals surface area contributed by atoms with Gasteiger partial charge in [-0.3, -0.25) is 24.5 Å². The molecule has 0 aromatic carbocycles. The van der Waals surface area contributed by atoms with Gasteiger partial charge in [-0.25, -0.2) is 13.4 Å². The first-order valence-corrected chi connectivity index (χ1v) is 13.1. The zero-order chi connectivity index (χ0) is 25.5.